The van der Waals surface area contributed by atoms with Crippen LogP contribution in [0.3, 0.4) is 0 Å². The highest BCUT2D eigenvalue weighted by Crippen LogP contribution is 2.23. The van der Waals surface area contributed by atoms with Crippen LogP contribution in [-0.4, -0.2) is 43.8 Å². The second kappa shape index (κ2) is 8.66. The van der Waals surface area contributed by atoms with Crippen LogP contribution >= 0.6 is 11.3 Å². The minimum absolute atomic E-state index is 0.276. The molecule has 0 atom stereocenters. The van der Waals surface area contributed by atoms with E-state index in [4.69, 9.17) is 4.74 Å². The van der Waals surface area contributed by atoms with Crippen molar-refractivity contribution in [1.29, 1.82) is 0 Å². The molecule has 146 valence electrons. The number of amides is 1. The van der Waals surface area contributed by atoms with Crippen molar-refractivity contribution in [3.63, 3.8) is 0 Å². The number of hydrogen-bond acceptors (Lipinski definition) is 8. The molecule has 0 fully saturated rings. The van der Waals surface area contributed by atoms with Gasteiger partial charge in [0.1, 0.15) is 4.88 Å². The van der Waals surface area contributed by atoms with Gasteiger partial charge in [-0.05, 0) is 42.6 Å². The number of benzene rings is 1. The van der Waals surface area contributed by atoms with E-state index in [2.05, 4.69) is 15.2 Å². The largest absolute Gasteiger partial charge is 0.465 e. The number of thiophene rings is 1. The number of methoxy groups -OCH3 is 1. The predicted octanol–water partition coefficient (Wildman–Crippen LogP) is 2.92. The van der Waals surface area contributed by atoms with Gasteiger partial charge < -0.3 is 14.8 Å². The molecule has 0 unspecified atom stereocenters. The molecular weight excluding hydrogens is 382 g/mol. The van der Waals surface area contributed by atoms with Crippen LogP contribution in [0.4, 0.5) is 11.4 Å². The minimum Gasteiger partial charge on any atom is -0.465 e. The summed E-state index contributed by atoms with van der Waals surface area (Å²) < 4.78 is 9.69. The predicted molar refractivity (Wildman–Crippen MR) is 106 cm³/mol. The summed E-state index contributed by atoms with van der Waals surface area (Å²) in [4.78, 5) is 36.0. The van der Waals surface area contributed by atoms with Gasteiger partial charge >= 0.3 is 11.9 Å². The first-order chi connectivity index (χ1) is 13.5. The summed E-state index contributed by atoms with van der Waals surface area (Å²) >= 11 is 1.15. The first kappa shape index (κ1) is 19.6. The number of nitrogens with zero attached hydrogens (tertiary/aromatic N) is 2. The fraction of sp³-hybridized carbons (Fsp3) is 0.263. The number of esters is 2. The second-order valence-electron chi connectivity index (χ2n) is 6.03. The lowest BCUT2D eigenvalue weighted by molar-refractivity contribution is -0.119. The van der Waals surface area contributed by atoms with Crippen molar-refractivity contribution in [2.24, 2.45) is 5.10 Å². The third-order valence-electron chi connectivity index (χ3n) is 4.02. The van der Waals surface area contributed by atoms with E-state index in [1.165, 1.54) is 7.11 Å². The normalized spacial score (nSPS) is 13.1. The van der Waals surface area contributed by atoms with E-state index in [1.807, 2.05) is 11.9 Å². The van der Waals surface area contributed by atoms with Crippen molar-refractivity contribution < 1.29 is 23.9 Å². The van der Waals surface area contributed by atoms with E-state index in [0.717, 1.165) is 35.7 Å². The number of carbonyl (C=O) groups excluding carboxylic acids is 3. The molecule has 1 aromatic heterocycles. The Morgan fingerprint density at radius 2 is 1.93 bits per heavy atom. The van der Waals surface area contributed by atoms with E-state index in [9.17, 15) is 14.4 Å². The monoisotopic (exact) mass is 401 g/mol. The molecular formula is C19H19N3O5S. The summed E-state index contributed by atoms with van der Waals surface area (Å²) in [6.07, 6.45) is 0.917. The summed E-state index contributed by atoms with van der Waals surface area (Å²) in [7, 11) is 1.26. The van der Waals surface area contributed by atoms with Gasteiger partial charge in [-0.25, -0.2) is 9.59 Å². The molecule has 1 aliphatic rings. The maximum absolute atomic E-state index is 12.1. The SMILES string of the molecule is COC(=O)c1sccc1NC(=O)COC(=O)c1ccc(N2CCC(C)=N2)cc1. The number of hydrazone groups is 1. The van der Waals surface area contributed by atoms with Crippen LogP contribution in [0.2, 0.25) is 0 Å². The van der Waals surface area contributed by atoms with Crippen molar-refractivity contribution in [2.45, 2.75) is 13.3 Å². The fourth-order valence-corrected chi connectivity index (χ4v) is 3.36. The standard InChI is InChI=1S/C19H19N3O5S/c1-12-7-9-22(21-12)14-5-3-13(4-6-14)18(24)27-11-16(23)20-15-8-10-28-17(15)19(25)26-2/h3-6,8,10H,7,9,11H2,1-2H3,(H,20,23). The van der Waals surface area contributed by atoms with Gasteiger partial charge in [0.15, 0.2) is 6.61 Å². The lowest BCUT2D eigenvalue weighted by Gasteiger charge is -2.13. The summed E-state index contributed by atoms with van der Waals surface area (Å²) in [6, 6.07) is 8.41. The van der Waals surface area contributed by atoms with Crippen LogP contribution in [0, 0.1) is 0 Å². The van der Waals surface area contributed by atoms with Gasteiger partial charge in [0.25, 0.3) is 5.91 Å². The average molecular weight is 401 g/mol. The molecule has 1 aromatic carbocycles. The Labute approximate surface area is 165 Å². The van der Waals surface area contributed by atoms with Gasteiger partial charge in [0, 0.05) is 18.7 Å². The summed E-state index contributed by atoms with van der Waals surface area (Å²) in [5.74, 6) is -1.70. The van der Waals surface area contributed by atoms with Crippen LogP contribution < -0.4 is 10.3 Å². The molecule has 0 bridgehead atoms. The van der Waals surface area contributed by atoms with E-state index < -0.39 is 24.5 Å². The highest BCUT2D eigenvalue weighted by molar-refractivity contribution is 7.12. The van der Waals surface area contributed by atoms with Crippen molar-refractivity contribution in [1.82, 2.24) is 0 Å². The van der Waals surface area contributed by atoms with Crippen LogP contribution in [0.1, 0.15) is 33.4 Å². The van der Waals surface area contributed by atoms with Crippen molar-refractivity contribution in [3.05, 3.63) is 46.2 Å². The molecule has 0 radical (unpaired) electrons. The number of ether oxygens (including phenoxy) is 2. The highest BCUT2D eigenvalue weighted by Gasteiger charge is 2.17. The van der Waals surface area contributed by atoms with Gasteiger partial charge in [0.2, 0.25) is 0 Å². The molecule has 0 aliphatic carbocycles. The zero-order chi connectivity index (χ0) is 20.1. The number of hydrogen-bond donors (Lipinski definition) is 1. The Bertz CT molecular complexity index is 920. The van der Waals surface area contributed by atoms with Gasteiger partial charge in [-0.1, -0.05) is 0 Å². The molecule has 1 aliphatic heterocycles. The summed E-state index contributed by atoms with van der Waals surface area (Å²) in [5, 5.41) is 10.5. The molecule has 9 heteroatoms. The number of rotatable bonds is 6. The zero-order valence-corrected chi connectivity index (χ0v) is 16.2. The molecule has 3 rings (SSSR count). The molecule has 28 heavy (non-hydrogen) atoms. The number of nitrogens with one attached hydrogen (secondary N) is 1. The molecule has 2 aromatic rings. The average Bonchev–Trinajstić information content (AvgIpc) is 3.34. The second-order valence-corrected chi connectivity index (χ2v) is 6.95. The van der Waals surface area contributed by atoms with E-state index in [1.54, 1.807) is 35.7 Å². The third kappa shape index (κ3) is 4.55. The van der Waals surface area contributed by atoms with Crippen LogP contribution in [0.15, 0.2) is 40.8 Å². The van der Waals surface area contributed by atoms with Crippen LogP contribution in [0.25, 0.3) is 0 Å². The Morgan fingerprint density at radius 1 is 1.18 bits per heavy atom. The van der Waals surface area contributed by atoms with Crippen molar-refractivity contribution in [2.75, 3.05) is 30.6 Å². The molecule has 2 heterocycles. The van der Waals surface area contributed by atoms with Gasteiger partial charge in [0.05, 0.1) is 24.0 Å². The fourth-order valence-electron chi connectivity index (χ4n) is 2.59. The first-order valence-corrected chi connectivity index (χ1v) is 9.40. The Morgan fingerprint density at radius 3 is 2.57 bits per heavy atom. The van der Waals surface area contributed by atoms with E-state index in [-0.39, 0.29) is 4.88 Å². The third-order valence-corrected chi connectivity index (χ3v) is 4.92. The van der Waals surface area contributed by atoms with E-state index in [0.29, 0.717) is 11.3 Å². The van der Waals surface area contributed by atoms with Crippen LogP contribution in [-0.2, 0) is 14.3 Å². The van der Waals surface area contributed by atoms with Gasteiger partial charge in [-0.3, -0.25) is 9.80 Å². The quantitative estimate of drug-likeness (QED) is 0.748. The Hall–Kier alpha value is -3.20. The highest BCUT2D eigenvalue weighted by atomic mass is 32.1. The number of carbonyl (C=O) groups is 3. The first-order valence-electron chi connectivity index (χ1n) is 8.52. The minimum atomic E-state index is -0.610. The lowest BCUT2D eigenvalue weighted by Crippen LogP contribution is -2.21. The lowest BCUT2D eigenvalue weighted by atomic mass is 10.2. The van der Waals surface area contributed by atoms with Gasteiger partial charge in [-0.2, -0.15) is 5.10 Å². The molecule has 8 nitrogen and oxygen atoms in total. The van der Waals surface area contributed by atoms with Crippen molar-refractivity contribution in [3.8, 4) is 0 Å². The van der Waals surface area contributed by atoms with Crippen LogP contribution in [0.5, 0.6) is 0 Å². The Balaban J connectivity index is 1.53. The summed E-state index contributed by atoms with van der Waals surface area (Å²) in [5.41, 5.74) is 2.61. The molecule has 1 N–H and O–H groups in total. The molecule has 0 saturated heterocycles. The molecule has 0 spiro atoms. The summed E-state index contributed by atoms with van der Waals surface area (Å²) in [6.45, 7) is 2.32. The number of anilines is 2. The smallest absolute Gasteiger partial charge is 0.350 e. The maximum atomic E-state index is 12.1. The van der Waals surface area contributed by atoms with Crippen molar-refractivity contribution >= 4 is 46.3 Å². The maximum Gasteiger partial charge on any atom is 0.350 e. The zero-order valence-electron chi connectivity index (χ0n) is 15.4. The Kier molecular flexibility index (Phi) is 6.05. The topological polar surface area (TPSA) is 97.3 Å². The van der Waals surface area contributed by atoms with E-state index >= 15 is 0 Å². The van der Waals surface area contributed by atoms with Gasteiger partial charge in [-0.15, -0.1) is 11.3 Å². The molecule has 1 amide bonds. The molecule has 0 saturated carbocycles.